The number of pyridine rings is 1. The summed E-state index contributed by atoms with van der Waals surface area (Å²) in [6, 6.07) is 1.93. The van der Waals surface area contributed by atoms with Crippen LogP contribution in [0.4, 0.5) is 5.95 Å². The molecule has 0 bridgehead atoms. The van der Waals surface area contributed by atoms with Gasteiger partial charge in [-0.3, -0.25) is 9.69 Å². The Morgan fingerprint density at radius 2 is 1.85 bits per heavy atom. The lowest BCUT2D eigenvalue weighted by atomic mass is 10.3. The fourth-order valence-corrected chi connectivity index (χ4v) is 3.47. The number of ether oxygens (including phenoxy) is 1. The van der Waals surface area contributed by atoms with E-state index < -0.39 is 0 Å². The predicted molar refractivity (Wildman–Crippen MR) is 101 cm³/mol. The number of hydrogen-bond acceptors (Lipinski definition) is 7. The first-order valence-corrected chi connectivity index (χ1v) is 9.30. The molecule has 2 fully saturated rings. The van der Waals surface area contributed by atoms with E-state index in [1.165, 1.54) is 0 Å². The van der Waals surface area contributed by atoms with Gasteiger partial charge in [-0.05, 0) is 13.1 Å². The summed E-state index contributed by atoms with van der Waals surface area (Å²) in [5.74, 6) is 0.719. The van der Waals surface area contributed by atoms with Gasteiger partial charge in [-0.1, -0.05) is 0 Å². The van der Waals surface area contributed by atoms with Crippen LogP contribution in [0.25, 0.3) is 10.9 Å². The van der Waals surface area contributed by atoms with E-state index >= 15 is 0 Å². The first-order valence-electron chi connectivity index (χ1n) is 9.30. The highest BCUT2D eigenvalue weighted by Crippen LogP contribution is 2.14. The molecule has 0 atom stereocenters. The van der Waals surface area contributed by atoms with E-state index in [0.717, 1.165) is 70.5 Å². The molecule has 140 valence electrons. The third kappa shape index (κ3) is 3.72. The van der Waals surface area contributed by atoms with Crippen LogP contribution in [0, 0.1) is 0 Å². The molecule has 0 aromatic carbocycles. The average molecular weight is 358 g/mol. The van der Waals surface area contributed by atoms with Gasteiger partial charge in [-0.25, -0.2) is 9.97 Å². The molecule has 4 heterocycles. The lowest BCUT2D eigenvalue weighted by Crippen LogP contribution is -2.45. The standard InChI is InChI=1S/C18H26N6O2/c1-21-4-7-24(8-5-21)18-19-14-15-16(20-18)2-3-23(17(15)25)9-6-22-10-12-26-13-11-22/h2-3,14H,4-13H2,1H3. The van der Waals surface area contributed by atoms with Gasteiger partial charge in [0, 0.05) is 64.8 Å². The maximum Gasteiger partial charge on any atom is 0.261 e. The molecule has 8 nitrogen and oxygen atoms in total. The first kappa shape index (κ1) is 17.4. The average Bonchev–Trinajstić information content (AvgIpc) is 2.69. The third-order valence-corrected chi connectivity index (χ3v) is 5.26. The molecule has 0 amide bonds. The monoisotopic (exact) mass is 358 g/mol. The molecule has 8 heteroatoms. The van der Waals surface area contributed by atoms with Crippen molar-refractivity contribution in [1.29, 1.82) is 0 Å². The van der Waals surface area contributed by atoms with Crippen molar-refractivity contribution in [3.63, 3.8) is 0 Å². The zero-order valence-corrected chi connectivity index (χ0v) is 15.3. The molecule has 0 spiro atoms. The second-order valence-corrected chi connectivity index (χ2v) is 7.03. The Hall–Kier alpha value is -2.03. The molecule has 0 N–H and O–H groups in total. The van der Waals surface area contributed by atoms with Crippen LogP contribution < -0.4 is 10.5 Å². The molecule has 0 saturated carbocycles. The van der Waals surface area contributed by atoms with Crippen LogP contribution in [-0.4, -0.2) is 90.4 Å². The highest BCUT2D eigenvalue weighted by atomic mass is 16.5. The van der Waals surface area contributed by atoms with E-state index in [1.807, 2.05) is 12.3 Å². The van der Waals surface area contributed by atoms with E-state index in [-0.39, 0.29) is 5.56 Å². The summed E-state index contributed by atoms with van der Waals surface area (Å²) in [4.78, 5) is 28.7. The van der Waals surface area contributed by atoms with Crippen molar-refractivity contribution < 1.29 is 4.74 Å². The molecule has 0 unspecified atom stereocenters. The van der Waals surface area contributed by atoms with Crippen molar-refractivity contribution in [1.82, 2.24) is 24.3 Å². The van der Waals surface area contributed by atoms with Crippen molar-refractivity contribution in [2.24, 2.45) is 0 Å². The second kappa shape index (κ2) is 7.69. The minimum Gasteiger partial charge on any atom is -0.379 e. The third-order valence-electron chi connectivity index (χ3n) is 5.26. The number of fused-ring (bicyclic) bond motifs is 1. The van der Waals surface area contributed by atoms with Crippen LogP contribution in [0.1, 0.15) is 0 Å². The molecule has 2 aromatic heterocycles. The highest BCUT2D eigenvalue weighted by molar-refractivity contribution is 5.77. The largest absolute Gasteiger partial charge is 0.379 e. The Morgan fingerprint density at radius 1 is 1.08 bits per heavy atom. The molecule has 26 heavy (non-hydrogen) atoms. The molecule has 2 aliphatic rings. The van der Waals surface area contributed by atoms with Gasteiger partial charge in [0.05, 0.1) is 24.1 Å². The van der Waals surface area contributed by atoms with Gasteiger partial charge in [0.25, 0.3) is 5.56 Å². The van der Waals surface area contributed by atoms with Crippen molar-refractivity contribution >= 4 is 16.9 Å². The lowest BCUT2D eigenvalue weighted by molar-refractivity contribution is 0.0363. The van der Waals surface area contributed by atoms with Crippen LogP contribution in [-0.2, 0) is 11.3 Å². The smallest absolute Gasteiger partial charge is 0.261 e. The van der Waals surface area contributed by atoms with Gasteiger partial charge in [-0.2, -0.15) is 0 Å². The fourth-order valence-electron chi connectivity index (χ4n) is 3.47. The topological polar surface area (TPSA) is 66.7 Å². The molecule has 4 rings (SSSR count). The summed E-state index contributed by atoms with van der Waals surface area (Å²) in [6.07, 6.45) is 3.54. The number of hydrogen-bond donors (Lipinski definition) is 0. The van der Waals surface area contributed by atoms with E-state index in [4.69, 9.17) is 4.74 Å². The quantitative estimate of drug-likeness (QED) is 0.755. The zero-order chi connectivity index (χ0) is 17.9. The number of morpholine rings is 1. The minimum atomic E-state index is -0.0133. The maximum atomic E-state index is 12.8. The molecule has 0 radical (unpaired) electrons. The normalized spacial score (nSPS) is 20.0. The minimum absolute atomic E-state index is 0.0133. The van der Waals surface area contributed by atoms with Crippen LogP contribution in [0.2, 0.25) is 0 Å². The molecule has 0 aliphatic carbocycles. The first-order chi connectivity index (χ1) is 12.7. The van der Waals surface area contributed by atoms with Crippen LogP contribution in [0.3, 0.4) is 0 Å². The van der Waals surface area contributed by atoms with Crippen molar-refractivity contribution in [3.8, 4) is 0 Å². The summed E-state index contributed by atoms with van der Waals surface area (Å²) in [5, 5.41) is 0.590. The second-order valence-electron chi connectivity index (χ2n) is 7.03. The van der Waals surface area contributed by atoms with E-state index in [2.05, 4.69) is 31.7 Å². The molecule has 2 aromatic rings. The lowest BCUT2D eigenvalue weighted by Gasteiger charge is -2.32. The van der Waals surface area contributed by atoms with Gasteiger partial charge >= 0.3 is 0 Å². The zero-order valence-electron chi connectivity index (χ0n) is 15.3. The van der Waals surface area contributed by atoms with Crippen LogP contribution >= 0.6 is 0 Å². The summed E-state index contributed by atoms with van der Waals surface area (Å²) < 4.78 is 7.13. The van der Waals surface area contributed by atoms with Crippen molar-refractivity contribution in [2.75, 3.05) is 71.0 Å². The Labute approximate surface area is 153 Å². The molecule has 2 aliphatic heterocycles. The maximum absolute atomic E-state index is 12.8. The van der Waals surface area contributed by atoms with Gasteiger partial charge in [0.1, 0.15) is 0 Å². The molecule has 2 saturated heterocycles. The Kier molecular flexibility index (Phi) is 5.14. The number of aromatic nitrogens is 3. The molecular weight excluding hydrogens is 332 g/mol. The number of rotatable bonds is 4. The Morgan fingerprint density at radius 3 is 2.62 bits per heavy atom. The summed E-state index contributed by atoms with van der Waals surface area (Å²) >= 11 is 0. The van der Waals surface area contributed by atoms with Crippen molar-refractivity contribution in [3.05, 3.63) is 28.8 Å². The fraction of sp³-hybridized carbons (Fsp3) is 0.611. The van der Waals surface area contributed by atoms with Gasteiger partial charge in [0.15, 0.2) is 0 Å². The van der Waals surface area contributed by atoms with Gasteiger partial charge < -0.3 is 19.1 Å². The summed E-state index contributed by atoms with van der Waals surface area (Å²) in [7, 11) is 2.12. The van der Waals surface area contributed by atoms with Crippen LogP contribution in [0.5, 0.6) is 0 Å². The van der Waals surface area contributed by atoms with E-state index in [0.29, 0.717) is 11.9 Å². The summed E-state index contributed by atoms with van der Waals surface area (Å²) in [5.41, 5.74) is 0.710. The van der Waals surface area contributed by atoms with Crippen LogP contribution in [0.15, 0.2) is 23.3 Å². The predicted octanol–water partition coefficient (Wildman–Crippen LogP) is -0.124. The number of likely N-dealkylation sites (N-methyl/N-ethyl adjacent to an activating group) is 1. The molecular formula is C18H26N6O2. The van der Waals surface area contributed by atoms with Gasteiger partial charge in [0.2, 0.25) is 5.95 Å². The number of nitrogens with zero attached hydrogens (tertiary/aromatic N) is 6. The Bertz CT molecular complexity index is 809. The SMILES string of the molecule is CN1CCN(c2ncc3c(=O)n(CCN4CCOCC4)ccc3n2)CC1. The number of anilines is 1. The Balaban J connectivity index is 1.50. The van der Waals surface area contributed by atoms with E-state index in [9.17, 15) is 4.79 Å². The van der Waals surface area contributed by atoms with Gasteiger partial charge in [-0.15, -0.1) is 0 Å². The summed E-state index contributed by atoms with van der Waals surface area (Å²) in [6.45, 7) is 8.78. The highest BCUT2D eigenvalue weighted by Gasteiger charge is 2.17. The van der Waals surface area contributed by atoms with Crippen molar-refractivity contribution in [2.45, 2.75) is 6.54 Å². The van der Waals surface area contributed by atoms with E-state index in [1.54, 1.807) is 10.8 Å². The number of piperazine rings is 1.